The summed E-state index contributed by atoms with van der Waals surface area (Å²) < 4.78 is 5.06. The van der Waals surface area contributed by atoms with E-state index in [9.17, 15) is 9.59 Å². The first-order valence-corrected chi connectivity index (χ1v) is 6.04. The van der Waals surface area contributed by atoms with Gasteiger partial charge in [0.05, 0.1) is 12.5 Å². The van der Waals surface area contributed by atoms with Crippen molar-refractivity contribution >= 4 is 17.3 Å². The van der Waals surface area contributed by atoms with E-state index in [0.29, 0.717) is 19.4 Å². The van der Waals surface area contributed by atoms with Crippen molar-refractivity contribution in [2.24, 2.45) is 5.92 Å². The molecule has 1 aliphatic carbocycles. The maximum atomic E-state index is 11.9. The highest BCUT2D eigenvalue weighted by Crippen LogP contribution is 2.31. The lowest BCUT2D eigenvalue weighted by Gasteiger charge is -2.22. The van der Waals surface area contributed by atoms with Crippen LogP contribution in [0.4, 0.5) is 0 Å². The minimum Gasteiger partial charge on any atom is -0.466 e. The molecule has 0 N–H and O–H groups in total. The van der Waals surface area contributed by atoms with Gasteiger partial charge in [-0.25, -0.2) is 0 Å². The van der Waals surface area contributed by atoms with Crippen molar-refractivity contribution in [3.8, 4) is 0 Å². The molecule has 1 heterocycles. The van der Waals surface area contributed by atoms with E-state index in [1.807, 2.05) is 6.07 Å². The van der Waals surface area contributed by atoms with Crippen LogP contribution in [-0.2, 0) is 14.3 Å². The molecule has 1 aromatic heterocycles. The Hall–Kier alpha value is -1.97. The maximum absolute atomic E-state index is 11.9. The fraction of sp³-hybridized carbons (Fsp3) is 0.357. The van der Waals surface area contributed by atoms with Gasteiger partial charge in [-0.05, 0) is 36.6 Å². The lowest BCUT2D eigenvalue weighted by molar-refractivity contribution is -0.146. The molecule has 2 rings (SSSR count). The molecule has 0 spiro atoms. The molecule has 0 saturated carbocycles. The number of carbonyl (C=O) groups is 2. The number of allylic oxidation sites excluding steroid dienone is 1. The number of pyridine rings is 1. The Kier molecular flexibility index (Phi) is 3.87. The summed E-state index contributed by atoms with van der Waals surface area (Å²) in [5.41, 5.74) is 1.53. The standard InChI is InChI=1S/C14H15NO3/c1-2-18-14(17)12-6-5-11(16)8-13(12)10-4-3-7-15-9-10/h3-4,7-9,12H,2,5-6H2,1H3. The molecule has 0 radical (unpaired) electrons. The summed E-state index contributed by atoms with van der Waals surface area (Å²) in [7, 11) is 0. The molecule has 0 saturated heterocycles. The largest absolute Gasteiger partial charge is 0.466 e. The SMILES string of the molecule is CCOC(=O)C1CCC(=O)C=C1c1cccnc1. The summed E-state index contributed by atoms with van der Waals surface area (Å²) in [6, 6.07) is 3.64. The van der Waals surface area contributed by atoms with E-state index in [4.69, 9.17) is 4.74 Å². The van der Waals surface area contributed by atoms with Gasteiger partial charge < -0.3 is 4.74 Å². The Bertz CT molecular complexity index is 479. The Morgan fingerprint density at radius 3 is 3.06 bits per heavy atom. The maximum Gasteiger partial charge on any atom is 0.313 e. The van der Waals surface area contributed by atoms with Crippen molar-refractivity contribution in [2.75, 3.05) is 6.61 Å². The fourth-order valence-corrected chi connectivity index (χ4v) is 2.09. The van der Waals surface area contributed by atoms with Crippen LogP contribution >= 0.6 is 0 Å². The van der Waals surface area contributed by atoms with E-state index in [1.165, 1.54) is 0 Å². The summed E-state index contributed by atoms with van der Waals surface area (Å²) in [5, 5.41) is 0. The van der Waals surface area contributed by atoms with Crippen LogP contribution in [0.15, 0.2) is 30.6 Å². The topological polar surface area (TPSA) is 56.3 Å². The third-order valence-corrected chi connectivity index (χ3v) is 2.94. The summed E-state index contributed by atoms with van der Waals surface area (Å²) >= 11 is 0. The van der Waals surface area contributed by atoms with Gasteiger partial charge in [0.1, 0.15) is 0 Å². The number of esters is 1. The molecule has 0 aliphatic heterocycles. The van der Waals surface area contributed by atoms with Gasteiger partial charge in [-0.1, -0.05) is 6.07 Å². The number of ketones is 1. The normalized spacial score (nSPS) is 19.3. The Labute approximate surface area is 106 Å². The molecule has 1 aliphatic rings. The van der Waals surface area contributed by atoms with Gasteiger partial charge in [-0.3, -0.25) is 14.6 Å². The van der Waals surface area contributed by atoms with Crippen LogP contribution < -0.4 is 0 Å². The lowest BCUT2D eigenvalue weighted by Crippen LogP contribution is -2.23. The highest BCUT2D eigenvalue weighted by Gasteiger charge is 2.29. The second-order valence-corrected chi connectivity index (χ2v) is 4.15. The van der Waals surface area contributed by atoms with Crippen LogP contribution in [0.5, 0.6) is 0 Å². The summed E-state index contributed by atoms with van der Waals surface area (Å²) in [6.07, 6.45) is 5.78. The zero-order chi connectivity index (χ0) is 13.0. The van der Waals surface area contributed by atoms with Gasteiger partial charge >= 0.3 is 5.97 Å². The van der Waals surface area contributed by atoms with E-state index < -0.39 is 0 Å². The molecular weight excluding hydrogens is 230 g/mol. The number of carbonyl (C=O) groups excluding carboxylic acids is 2. The van der Waals surface area contributed by atoms with Crippen LogP contribution in [0.3, 0.4) is 0 Å². The Balaban J connectivity index is 2.32. The number of hydrogen-bond donors (Lipinski definition) is 0. The van der Waals surface area contributed by atoms with E-state index in [2.05, 4.69) is 4.98 Å². The number of hydrogen-bond acceptors (Lipinski definition) is 4. The highest BCUT2D eigenvalue weighted by atomic mass is 16.5. The molecule has 0 amide bonds. The van der Waals surface area contributed by atoms with E-state index in [-0.39, 0.29) is 17.7 Å². The third kappa shape index (κ3) is 2.64. The van der Waals surface area contributed by atoms with Crippen molar-refractivity contribution in [1.29, 1.82) is 0 Å². The lowest BCUT2D eigenvalue weighted by atomic mass is 9.84. The quantitative estimate of drug-likeness (QED) is 0.764. The van der Waals surface area contributed by atoms with Crippen LogP contribution in [0.25, 0.3) is 5.57 Å². The molecule has 1 atom stereocenters. The molecule has 94 valence electrons. The average molecular weight is 245 g/mol. The highest BCUT2D eigenvalue weighted by molar-refractivity contribution is 6.03. The first kappa shape index (κ1) is 12.5. The van der Waals surface area contributed by atoms with Gasteiger partial charge in [-0.2, -0.15) is 0 Å². The molecule has 0 fully saturated rings. The predicted molar refractivity (Wildman–Crippen MR) is 66.6 cm³/mol. The second-order valence-electron chi connectivity index (χ2n) is 4.15. The minimum atomic E-state index is -0.355. The monoisotopic (exact) mass is 245 g/mol. The van der Waals surface area contributed by atoms with Gasteiger partial charge in [0, 0.05) is 18.8 Å². The number of ether oxygens (including phenoxy) is 1. The predicted octanol–water partition coefficient (Wildman–Crippen LogP) is 2.01. The minimum absolute atomic E-state index is 0.0504. The van der Waals surface area contributed by atoms with Gasteiger partial charge in [0.15, 0.2) is 5.78 Å². The number of rotatable bonds is 3. The van der Waals surface area contributed by atoms with Crippen molar-refractivity contribution < 1.29 is 14.3 Å². The third-order valence-electron chi connectivity index (χ3n) is 2.94. The van der Waals surface area contributed by atoms with Crippen molar-refractivity contribution in [2.45, 2.75) is 19.8 Å². The molecule has 0 aromatic carbocycles. The van der Waals surface area contributed by atoms with Crippen molar-refractivity contribution in [1.82, 2.24) is 4.98 Å². The van der Waals surface area contributed by atoms with Crippen molar-refractivity contribution in [3.63, 3.8) is 0 Å². The smallest absolute Gasteiger partial charge is 0.313 e. The molecule has 18 heavy (non-hydrogen) atoms. The molecule has 1 aromatic rings. The molecule has 0 bridgehead atoms. The summed E-state index contributed by atoms with van der Waals surface area (Å²) in [5.74, 6) is -0.568. The van der Waals surface area contributed by atoms with Crippen LogP contribution in [-0.4, -0.2) is 23.3 Å². The van der Waals surface area contributed by atoms with E-state index in [0.717, 1.165) is 11.1 Å². The van der Waals surface area contributed by atoms with Crippen LogP contribution in [0.1, 0.15) is 25.3 Å². The molecule has 4 nitrogen and oxygen atoms in total. The fourth-order valence-electron chi connectivity index (χ4n) is 2.09. The van der Waals surface area contributed by atoms with Gasteiger partial charge in [0.25, 0.3) is 0 Å². The first-order valence-electron chi connectivity index (χ1n) is 6.04. The summed E-state index contributed by atoms with van der Waals surface area (Å²) in [4.78, 5) is 27.4. The molecule has 4 heteroatoms. The zero-order valence-electron chi connectivity index (χ0n) is 10.3. The second kappa shape index (κ2) is 5.58. The number of nitrogens with zero attached hydrogens (tertiary/aromatic N) is 1. The van der Waals surface area contributed by atoms with Crippen LogP contribution in [0.2, 0.25) is 0 Å². The van der Waals surface area contributed by atoms with Gasteiger partial charge in [-0.15, -0.1) is 0 Å². The Morgan fingerprint density at radius 1 is 1.56 bits per heavy atom. The molecular formula is C14H15NO3. The van der Waals surface area contributed by atoms with Crippen LogP contribution in [0, 0.1) is 5.92 Å². The molecule has 1 unspecified atom stereocenters. The van der Waals surface area contributed by atoms with E-state index >= 15 is 0 Å². The number of aromatic nitrogens is 1. The average Bonchev–Trinajstić information content (AvgIpc) is 2.40. The van der Waals surface area contributed by atoms with Crippen molar-refractivity contribution in [3.05, 3.63) is 36.2 Å². The van der Waals surface area contributed by atoms with E-state index in [1.54, 1.807) is 31.5 Å². The summed E-state index contributed by atoms with van der Waals surface area (Å²) in [6.45, 7) is 2.13. The van der Waals surface area contributed by atoms with Gasteiger partial charge in [0.2, 0.25) is 0 Å². The Morgan fingerprint density at radius 2 is 2.39 bits per heavy atom. The first-order chi connectivity index (χ1) is 8.72. The zero-order valence-corrected chi connectivity index (χ0v) is 10.3.